The van der Waals surface area contributed by atoms with E-state index in [0.29, 0.717) is 13.1 Å². The molecule has 1 aliphatic heterocycles. The summed E-state index contributed by atoms with van der Waals surface area (Å²) in [6.07, 6.45) is 2.58. The molecule has 2 rings (SSSR count). The van der Waals surface area contributed by atoms with Gasteiger partial charge in [0.1, 0.15) is 5.75 Å². The summed E-state index contributed by atoms with van der Waals surface area (Å²) in [5.74, 6) is -1.54. The van der Waals surface area contributed by atoms with Gasteiger partial charge in [-0.2, -0.15) is 12.7 Å². The summed E-state index contributed by atoms with van der Waals surface area (Å²) in [5.41, 5.74) is -0.341. The molecule has 1 aromatic rings. The lowest BCUT2D eigenvalue weighted by atomic mass is 10.2. The zero-order chi connectivity index (χ0) is 14.8. The minimum atomic E-state index is -3.77. The maximum Gasteiger partial charge on any atom is 0.337 e. The van der Waals surface area contributed by atoms with Crippen LogP contribution >= 0.6 is 0 Å². The molecule has 1 saturated heterocycles. The number of benzene rings is 1. The van der Waals surface area contributed by atoms with Crippen LogP contribution in [0.2, 0.25) is 0 Å². The molecule has 0 bridgehead atoms. The average molecular weight is 300 g/mol. The number of rotatable bonds is 4. The van der Waals surface area contributed by atoms with Crippen molar-refractivity contribution in [3.05, 3.63) is 23.8 Å². The Bertz CT molecular complexity index is 608. The summed E-state index contributed by atoms with van der Waals surface area (Å²) in [6.45, 7) is 0.853. The number of nitrogens with one attached hydrogen (secondary N) is 1. The van der Waals surface area contributed by atoms with Crippen LogP contribution in [0.3, 0.4) is 0 Å². The number of hydrogen-bond donors (Lipinski definition) is 3. The molecule has 0 aromatic heterocycles. The average Bonchev–Trinajstić information content (AvgIpc) is 2.41. The summed E-state index contributed by atoms with van der Waals surface area (Å²) in [4.78, 5) is 11.1. The maximum atomic E-state index is 12.2. The van der Waals surface area contributed by atoms with E-state index in [4.69, 9.17) is 5.11 Å². The summed E-state index contributed by atoms with van der Waals surface area (Å²) in [7, 11) is -3.77. The Balaban J connectivity index is 2.27. The number of carbonyl (C=O) groups is 1. The second kappa shape index (κ2) is 5.68. The molecular weight excluding hydrogens is 284 g/mol. The monoisotopic (exact) mass is 300 g/mol. The third-order valence-electron chi connectivity index (χ3n) is 3.13. The number of phenolic OH excluding ortho intramolecular Hbond substituents is 1. The first kappa shape index (κ1) is 14.6. The van der Waals surface area contributed by atoms with Gasteiger partial charge in [-0.1, -0.05) is 6.42 Å². The molecular formula is C12H16N2O5S. The molecule has 1 aliphatic rings. The Hall–Kier alpha value is -1.80. The zero-order valence-electron chi connectivity index (χ0n) is 10.7. The molecule has 0 saturated carbocycles. The zero-order valence-corrected chi connectivity index (χ0v) is 11.6. The van der Waals surface area contributed by atoms with E-state index in [1.54, 1.807) is 0 Å². The standard InChI is InChI=1S/C12H16N2O5S/c15-9-4-5-11(10(8-9)12(16)17)13-20(18,19)14-6-2-1-3-7-14/h4-5,8,13,15H,1-3,6-7H2,(H,16,17). The van der Waals surface area contributed by atoms with Gasteiger partial charge in [-0.25, -0.2) is 4.79 Å². The molecule has 1 aromatic carbocycles. The molecule has 0 radical (unpaired) electrons. The first-order valence-electron chi connectivity index (χ1n) is 6.24. The van der Waals surface area contributed by atoms with E-state index in [-0.39, 0.29) is 17.0 Å². The van der Waals surface area contributed by atoms with Gasteiger partial charge in [-0.15, -0.1) is 0 Å². The maximum absolute atomic E-state index is 12.2. The first-order chi connectivity index (χ1) is 9.40. The fraction of sp³-hybridized carbons (Fsp3) is 0.417. The van der Waals surface area contributed by atoms with Crippen LogP contribution in [-0.4, -0.2) is 42.0 Å². The Morgan fingerprint density at radius 1 is 1.20 bits per heavy atom. The van der Waals surface area contributed by atoms with Crippen LogP contribution in [0.15, 0.2) is 18.2 Å². The number of carboxylic acids is 1. The fourth-order valence-corrected chi connectivity index (χ4v) is 3.43. The summed E-state index contributed by atoms with van der Waals surface area (Å²) >= 11 is 0. The molecule has 1 heterocycles. The molecule has 110 valence electrons. The second-order valence-electron chi connectivity index (χ2n) is 4.60. The van der Waals surface area contributed by atoms with Crippen molar-refractivity contribution in [1.29, 1.82) is 0 Å². The summed E-state index contributed by atoms with van der Waals surface area (Å²) in [5, 5.41) is 18.3. The predicted octanol–water partition coefficient (Wildman–Crippen LogP) is 1.23. The largest absolute Gasteiger partial charge is 0.508 e. The number of nitrogens with zero attached hydrogens (tertiary/aromatic N) is 1. The molecule has 20 heavy (non-hydrogen) atoms. The van der Waals surface area contributed by atoms with Gasteiger partial charge in [0, 0.05) is 13.1 Å². The lowest BCUT2D eigenvalue weighted by Gasteiger charge is -2.26. The molecule has 0 aliphatic carbocycles. The summed E-state index contributed by atoms with van der Waals surface area (Å²) < 4.78 is 27.9. The molecule has 0 unspecified atom stereocenters. The van der Waals surface area contributed by atoms with Crippen molar-refractivity contribution in [3.63, 3.8) is 0 Å². The van der Waals surface area contributed by atoms with E-state index in [0.717, 1.165) is 25.3 Å². The third-order valence-corrected chi connectivity index (χ3v) is 4.65. The van der Waals surface area contributed by atoms with Crippen LogP contribution in [0.5, 0.6) is 5.75 Å². The number of anilines is 1. The van der Waals surface area contributed by atoms with Gasteiger partial charge in [-0.3, -0.25) is 4.72 Å². The van der Waals surface area contributed by atoms with Gasteiger partial charge in [0.15, 0.2) is 0 Å². The van der Waals surface area contributed by atoms with Gasteiger partial charge in [0.2, 0.25) is 0 Å². The van der Waals surface area contributed by atoms with Gasteiger partial charge < -0.3 is 10.2 Å². The minimum Gasteiger partial charge on any atom is -0.508 e. The first-order valence-corrected chi connectivity index (χ1v) is 7.68. The van der Waals surface area contributed by atoms with Crippen LogP contribution in [0.25, 0.3) is 0 Å². The number of phenols is 1. The number of piperidine rings is 1. The second-order valence-corrected chi connectivity index (χ2v) is 6.27. The molecule has 0 spiro atoms. The Morgan fingerprint density at radius 2 is 1.85 bits per heavy atom. The molecule has 1 fully saturated rings. The quantitative estimate of drug-likeness (QED) is 0.725. The highest BCUT2D eigenvalue weighted by Gasteiger charge is 2.25. The highest BCUT2D eigenvalue weighted by atomic mass is 32.2. The van der Waals surface area contributed by atoms with Crippen LogP contribution in [-0.2, 0) is 10.2 Å². The van der Waals surface area contributed by atoms with Crippen LogP contribution in [0.1, 0.15) is 29.6 Å². The minimum absolute atomic E-state index is 0.0547. The van der Waals surface area contributed by atoms with E-state index in [1.165, 1.54) is 16.4 Å². The van der Waals surface area contributed by atoms with E-state index in [9.17, 15) is 18.3 Å². The SMILES string of the molecule is O=C(O)c1cc(O)ccc1NS(=O)(=O)N1CCCCC1. The van der Waals surface area contributed by atoms with E-state index >= 15 is 0 Å². The van der Waals surface area contributed by atoms with Crippen molar-refractivity contribution in [1.82, 2.24) is 4.31 Å². The van der Waals surface area contributed by atoms with Crippen molar-refractivity contribution in [2.45, 2.75) is 19.3 Å². The Labute approximate surface area is 117 Å². The number of carboxylic acid groups (broad SMARTS) is 1. The molecule has 0 amide bonds. The van der Waals surface area contributed by atoms with Crippen molar-refractivity contribution in [3.8, 4) is 5.75 Å². The molecule has 8 heteroatoms. The molecule has 3 N–H and O–H groups in total. The highest BCUT2D eigenvalue weighted by Crippen LogP contribution is 2.24. The van der Waals surface area contributed by atoms with Crippen molar-refractivity contribution < 1.29 is 23.4 Å². The Morgan fingerprint density at radius 3 is 2.45 bits per heavy atom. The molecule has 0 atom stereocenters. The lowest BCUT2D eigenvalue weighted by molar-refractivity contribution is 0.0697. The Kier molecular flexibility index (Phi) is 4.15. The number of aromatic carboxylic acids is 1. The summed E-state index contributed by atoms with van der Waals surface area (Å²) in [6, 6.07) is 3.48. The van der Waals surface area contributed by atoms with E-state index in [1.807, 2.05) is 0 Å². The number of aromatic hydroxyl groups is 1. The predicted molar refractivity (Wildman–Crippen MR) is 73.0 cm³/mol. The van der Waals surface area contributed by atoms with Gasteiger partial charge in [0.25, 0.3) is 0 Å². The molecule has 7 nitrogen and oxygen atoms in total. The van der Waals surface area contributed by atoms with Crippen molar-refractivity contribution >= 4 is 21.9 Å². The van der Waals surface area contributed by atoms with Crippen LogP contribution in [0, 0.1) is 0 Å². The van der Waals surface area contributed by atoms with Gasteiger partial charge in [-0.05, 0) is 31.0 Å². The van der Waals surface area contributed by atoms with Gasteiger partial charge >= 0.3 is 16.2 Å². The van der Waals surface area contributed by atoms with E-state index in [2.05, 4.69) is 4.72 Å². The lowest BCUT2D eigenvalue weighted by Crippen LogP contribution is -2.39. The van der Waals surface area contributed by atoms with Crippen molar-refractivity contribution in [2.75, 3.05) is 17.8 Å². The van der Waals surface area contributed by atoms with Crippen molar-refractivity contribution in [2.24, 2.45) is 0 Å². The fourth-order valence-electron chi connectivity index (χ4n) is 2.11. The topological polar surface area (TPSA) is 107 Å². The third kappa shape index (κ3) is 3.20. The van der Waals surface area contributed by atoms with E-state index < -0.39 is 16.2 Å². The number of hydrogen-bond acceptors (Lipinski definition) is 4. The van der Waals surface area contributed by atoms with Crippen LogP contribution < -0.4 is 4.72 Å². The van der Waals surface area contributed by atoms with Gasteiger partial charge in [0.05, 0.1) is 11.3 Å². The smallest absolute Gasteiger partial charge is 0.337 e. The van der Waals surface area contributed by atoms with Crippen LogP contribution in [0.4, 0.5) is 5.69 Å². The normalized spacial score (nSPS) is 16.8. The highest BCUT2D eigenvalue weighted by molar-refractivity contribution is 7.90.